The maximum absolute atomic E-state index is 12.6. The van der Waals surface area contributed by atoms with Crippen LogP contribution in [0.15, 0.2) is 22.8 Å². The summed E-state index contributed by atoms with van der Waals surface area (Å²) in [7, 11) is 1.81. The molecule has 0 saturated heterocycles. The highest BCUT2D eigenvalue weighted by Crippen LogP contribution is 2.44. The second kappa shape index (κ2) is 7.50. The highest BCUT2D eigenvalue weighted by atomic mass is 79.9. The average molecular weight is 465 g/mol. The van der Waals surface area contributed by atoms with Gasteiger partial charge in [0, 0.05) is 29.3 Å². The molecule has 0 unspecified atom stereocenters. The first-order valence-corrected chi connectivity index (χ1v) is 9.39. The molecule has 10 heteroatoms. The number of aromatic nitrogens is 2. The summed E-state index contributed by atoms with van der Waals surface area (Å²) >= 11 is 10.8. The number of carbonyl (C=O) groups excluding carboxylic acids is 1. The van der Waals surface area contributed by atoms with E-state index >= 15 is 0 Å². The number of aryl methyl sites for hydroxylation is 1. The molecule has 0 saturated carbocycles. The predicted octanol–water partition coefficient (Wildman–Crippen LogP) is 4.89. The Kier molecular flexibility index (Phi) is 5.50. The third kappa shape index (κ3) is 3.56. The first-order chi connectivity index (χ1) is 12.3. The second-order valence-corrected chi connectivity index (χ2v) is 7.69. The Bertz CT molecular complexity index is 990. The molecule has 0 aliphatic heterocycles. The SMILES string of the molecule is Cc1c(CNC(=O)c2sc3c(Br)ccc(OC(F)F)c3c2Cl)cnn1C. The Morgan fingerprint density at radius 3 is 2.85 bits per heavy atom. The van der Waals surface area contributed by atoms with Crippen molar-refractivity contribution in [2.75, 3.05) is 0 Å². The number of hydrogen-bond acceptors (Lipinski definition) is 4. The minimum absolute atomic E-state index is 0.0680. The Labute approximate surface area is 165 Å². The molecular weight excluding hydrogens is 452 g/mol. The van der Waals surface area contributed by atoms with Crippen molar-refractivity contribution in [3.8, 4) is 5.75 Å². The average Bonchev–Trinajstić information content (AvgIpc) is 3.10. The number of carbonyl (C=O) groups is 1. The lowest BCUT2D eigenvalue weighted by Crippen LogP contribution is -2.22. The molecule has 0 spiro atoms. The lowest BCUT2D eigenvalue weighted by atomic mass is 10.2. The number of nitrogens with one attached hydrogen (secondary N) is 1. The van der Waals surface area contributed by atoms with Crippen LogP contribution in [-0.4, -0.2) is 22.3 Å². The number of hydrogen-bond donors (Lipinski definition) is 1. The maximum atomic E-state index is 12.6. The lowest BCUT2D eigenvalue weighted by Gasteiger charge is -2.07. The van der Waals surface area contributed by atoms with Gasteiger partial charge in [0.15, 0.2) is 0 Å². The molecule has 26 heavy (non-hydrogen) atoms. The molecule has 0 radical (unpaired) electrons. The van der Waals surface area contributed by atoms with Gasteiger partial charge in [-0.25, -0.2) is 0 Å². The summed E-state index contributed by atoms with van der Waals surface area (Å²) in [4.78, 5) is 12.8. The summed E-state index contributed by atoms with van der Waals surface area (Å²) < 4.78 is 32.7. The van der Waals surface area contributed by atoms with Gasteiger partial charge in [0.2, 0.25) is 0 Å². The van der Waals surface area contributed by atoms with Crippen LogP contribution in [0.5, 0.6) is 5.75 Å². The third-order valence-corrected chi connectivity index (χ3v) is 6.53. The van der Waals surface area contributed by atoms with Gasteiger partial charge in [-0.1, -0.05) is 11.6 Å². The van der Waals surface area contributed by atoms with Crippen molar-refractivity contribution in [2.24, 2.45) is 7.05 Å². The highest BCUT2D eigenvalue weighted by molar-refractivity contribution is 9.10. The molecule has 1 aromatic carbocycles. The van der Waals surface area contributed by atoms with Gasteiger partial charge in [-0.3, -0.25) is 9.48 Å². The van der Waals surface area contributed by atoms with Gasteiger partial charge in [-0.05, 0) is 35.0 Å². The number of ether oxygens (including phenoxy) is 1. The monoisotopic (exact) mass is 463 g/mol. The Balaban J connectivity index is 1.92. The molecule has 2 aromatic heterocycles. The summed E-state index contributed by atoms with van der Waals surface area (Å²) in [5.41, 5.74) is 1.81. The molecular formula is C16H13BrClF2N3O2S. The van der Waals surface area contributed by atoms with Gasteiger partial charge < -0.3 is 10.1 Å². The number of halogens is 4. The van der Waals surface area contributed by atoms with Crippen LogP contribution in [0.3, 0.4) is 0 Å². The Morgan fingerprint density at radius 2 is 2.23 bits per heavy atom. The molecule has 1 amide bonds. The van der Waals surface area contributed by atoms with E-state index in [1.165, 1.54) is 6.07 Å². The van der Waals surface area contributed by atoms with Crippen LogP contribution in [0, 0.1) is 6.92 Å². The van der Waals surface area contributed by atoms with E-state index in [1.54, 1.807) is 16.9 Å². The van der Waals surface area contributed by atoms with Crippen molar-refractivity contribution < 1.29 is 18.3 Å². The van der Waals surface area contributed by atoms with Crippen LogP contribution in [-0.2, 0) is 13.6 Å². The molecule has 138 valence electrons. The van der Waals surface area contributed by atoms with E-state index in [0.717, 1.165) is 22.6 Å². The summed E-state index contributed by atoms with van der Waals surface area (Å²) in [6.45, 7) is -0.808. The Hall–Kier alpha value is -1.71. The zero-order chi connectivity index (χ0) is 19.0. The van der Waals surface area contributed by atoms with Crippen LogP contribution in [0.2, 0.25) is 5.02 Å². The van der Waals surface area contributed by atoms with Gasteiger partial charge in [0.05, 0.1) is 21.3 Å². The highest BCUT2D eigenvalue weighted by Gasteiger charge is 2.23. The predicted molar refractivity (Wildman–Crippen MR) is 100 cm³/mol. The van der Waals surface area contributed by atoms with Crippen molar-refractivity contribution in [2.45, 2.75) is 20.1 Å². The summed E-state index contributed by atoms with van der Waals surface area (Å²) in [5, 5.41) is 7.27. The van der Waals surface area contributed by atoms with E-state index in [9.17, 15) is 13.6 Å². The summed E-state index contributed by atoms with van der Waals surface area (Å²) in [5.74, 6) is -0.462. The number of nitrogens with zero attached hydrogens (tertiary/aromatic N) is 2. The van der Waals surface area contributed by atoms with E-state index in [0.29, 0.717) is 9.17 Å². The minimum Gasteiger partial charge on any atom is -0.434 e. The molecule has 3 aromatic rings. The first kappa shape index (κ1) is 19.1. The molecule has 5 nitrogen and oxygen atoms in total. The number of thiophene rings is 1. The van der Waals surface area contributed by atoms with Gasteiger partial charge in [0.1, 0.15) is 10.6 Å². The molecule has 0 aliphatic carbocycles. The lowest BCUT2D eigenvalue weighted by molar-refractivity contribution is -0.0487. The van der Waals surface area contributed by atoms with E-state index < -0.39 is 12.5 Å². The fourth-order valence-electron chi connectivity index (χ4n) is 2.42. The maximum Gasteiger partial charge on any atom is 0.387 e. The van der Waals surface area contributed by atoms with Gasteiger partial charge in [-0.2, -0.15) is 13.9 Å². The van der Waals surface area contributed by atoms with Crippen molar-refractivity contribution in [3.05, 3.63) is 44.0 Å². The molecule has 3 rings (SSSR count). The minimum atomic E-state index is -2.99. The quantitative estimate of drug-likeness (QED) is 0.585. The van der Waals surface area contributed by atoms with Crippen LogP contribution in [0.1, 0.15) is 20.9 Å². The van der Waals surface area contributed by atoms with Crippen molar-refractivity contribution >= 4 is 54.9 Å². The Morgan fingerprint density at radius 1 is 1.50 bits per heavy atom. The first-order valence-electron chi connectivity index (χ1n) is 7.40. The molecule has 0 atom stereocenters. The number of amides is 1. The van der Waals surface area contributed by atoms with Crippen LogP contribution < -0.4 is 10.1 Å². The molecule has 0 aliphatic rings. The largest absolute Gasteiger partial charge is 0.434 e. The van der Waals surface area contributed by atoms with Crippen molar-refractivity contribution in [1.82, 2.24) is 15.1 Å². The summed E-state index contributed by atoms with van der Waals surface area (Å²) in [6.07, 6.45) is 1.67. The second-order valence-electron chi connectivity index (χ2n) is 5.43. The normalized spacial score (nSPS) is 11.3. The number of rotatable bonds is 5. The summed E-state index contributed by atoms with van der Waals surface area (Å²) in [6, 6.07) is 2.96. The fourth-order valence-corrected chi connectivity index (χ4v) is 4.47. The number of alkyl halides is 2. The van der Waals surface area contributed by atoms with Gasteiger partial charge in [-0.15, -0.1) is 11.3 Å². The molecule has 0 bridgehead atoms. The molecule has 1 N–H and O–H groups in total. The smallest absolute Gasteiger partial charge is 0.387 e. The van der Waals surface area contributed by atoms with Gasteiger partial charge in [0.25, 0.3) is 5.91 Å². The van der Waals surface area contributed by atoms with Crippen LogP contribution in [0.4, 0.5) is 8.78 Å². The standard InChI is InChI=1S/C16H13BrClF2N3O2S/c1-7-8(6-22-23(7)2)5-21-15(24)14-12(18)11-10(25-16(19)20)4-3-9(17)13(11)26-14/h3-4,6,16H,5H2,1-2H3,(H,21,24). The number of benzene rings is 1. The van der Waals surface area contributed by atoms with Crippen molar-refractivity contribution in [1.29, 1.82) is 0 Å². The van der Waals surface area contributed by atoms with Crippen LogP contribution in [0.25, 0.3) is 10.1 Å². The van der Waals surface area contributed by atoms with Gasteiger partial charge >= 0.3 is 6.61 Å². The van der Waals surface area contributed by atoms with Crippen LogP contribution >= 0.6 is 38.9 Å². The third-order valence-electron chi connectivity index (χ3n) is 3.89. The topological polar surface area (TPSA) is 56.1 Å². The van der Waals surface area contributed by atoms with E-state index in [-0.39, 0.29) is 27.6 Å². The fraction of sp³-hybridized carbons (Fsp3) is 0.250. The van der Waals surface area contributed by atoms with E-state index in [2.05, 4.69) is 31.1 Å². The number of fused-ring (bicyclic) bond motifs is 1. The van der Waals surface area contributed by atoms with Crippen molar-refractivity contribution in [3.63, 3.8) is 0 Å². The van der Waals surface area contributed by atoms with E-state index in [4.69, 9.17) is 11.6 Å². The molecule has 2 heterocycles. The zero-order valence-electron chi connectivity index (χ0n) is 13.6. The zero-order valence-corrected chi connectivity index (χ0v) is 16.8. The van der Waals surface area contributed by atoms with E-state index in [1.807, 2.05) is 14.0 Å². The molecule has 0 fully saturated rings.